The second-order valence-corrected chi connectivity index (χ2v) is 5.45. The minimum atomic E-state index is -0.0761. The molecule has 0 aromatic heterocycles. The number of hydrogen-bond acceptors (Lipinski definition) is 1. The third-order valence-corrected chi connectivity index (χ3v) is 4.65. The standard InChI is InChI=1S/C13H20O/c14-13(10-3-1-2-4-10)12-8-9-5-6-11(12)7-9/h3,9,11-14H,1-2,4-8H2. The van der Waals surface area contributed by atoms with Crippen molar-refractivity contribution in [2.24, 2.45) is 17.8 Å². The van der Waals surface area contributed by atoms with E-state index in [-0.39, 0.29) is 6.10 Å². The summed E-state index contributed by atoms with van der Waals surface area (Å²) in [5.74, 6) is 2.44. The number of hydrogen-bond donors (Lipinski definition) is 1. The van der Waals surface area contributed by atoms with Gasteiger partial charge in [0, 0.05) is 0 Å². The molecular formula is C13H20O. The molecular weight excluding hydrogens is 172 g/mol. The molecule has 2 bridgehead atoms. The third-order valence-electron chi connectivity index (χ3n) is 4.65. The van der Waals surface area contributed by atoms with Crippen molar-refractivity contribution in [2.45, 2.75) is 51.0 Å². The van der Waals surface area contributed by atoms with E-state index in [2.05, 4.69) is 6.08 Å². The molecule has 3 aliphatic rings. The van der Waals surface area contributed by atoms with E-state index in [1.807, 2.05) is 0 Å². The van der Waals surface area contributed by atoms with Crippen molar-refractivity contribution in [1.82, 2.24) is 0 Å². The van der Waals surface area contributed by atoms with Crippen LogP contribution in [0.5, 0.6) is 0 Å². The summed E-state index contributed by atoms with van der Waals surface area (Å²) in [7, 11) is 0. The summed E-state index contributed by atoms with van der Waals surface area (Å²) in [4.78, 5) is 0. The Morgan fingerprint density at radius 2 is 2.21 bits per heavy atom. The summed E-state index contributed by atoms with van der Waals surface area (Å²) >= 11 is 0. The van der Waals surface area contributed by atoms with Gasteiger partial charge in [0.25, 0.3) is 0 Å². The molecule has 2 fully saturated rings. The van der Waals surface area contributed by atoms with Gasteiger partial charge in [-0.2, -0.15) is 0 Å². The Bertz CT molecular complexity index is 256. The van der Waals surface area contributed by atoms with Crippen LogP contribution in [0.3, 0.4) is 0 Å². The highest BCUT2D eigenvalue weighted by Gasteiger charge is 2.43. The van der Waals surface area contributed by atoms with Gasteiger partial charge >= 0.3 is 0 Å². The molecule has 4 atom stereocenters. The van der Waals surface area contributed by atoms with Gasteiger partial charge < -0.3 is 5.11 Å². The monoisotopic (exact) mass is 192 g/mol. The molecule has 0 saturated heterocycles. The van der Waals surface area contributed by atoms with Crippen LogP contribution in [0.1, 0.15) is 44.9 Å². The second-order valence-electron chi connectivity index (χ2n) is 5.45. The van der Waals surface area contributed by atoms with Gasteiger partial charge in [0.2, 0.25) is 0 Å². The van der Waals surface area contributed by atoms with Crippen LogP contribution >= 0.6 is 0 Å². The number of rotatable bonds is 2. The zero-order chi connectivity index (χ0) is 9.54. The largest absolute Gasteiger partial charge is 0.388 e. The maximum absolute atomic E-state index is 10.3. The van der Waals surface area contributed by atoms with Gasteiger partial charge in [0.05, 0.1) is 6.10 Å². The Labute approximate surface area is 86.2 Å². The van der Waals surface area contributed by atoms with Gasteiger partial charge in [-0.15, -0.1) is 0 Å². The van der Waals surface area contributed by atoms with E-state index in [1.54, 1.807) is 0 Å². The van der Waals surface area contributed by atoms with Crippen molar-refractivity contribution < 1.29 is 5.11 Å². The van der Waals surface area contributed by atoms with E-state index < -0.39 is 0 Å². The first kappa shape index (κ1) is 8.96. The molecule has 0 aliphatic heterocycles. The second kappa shape index (κ2) is 3.37. The summed E-state index contributed by atoms with van der Waals surface area (Å²) < 4.78 is 0. The predicted molar refractivity (Wildman–Crippen MR) is 56.9 cm³/mol. The summed E-state index contributed by atoms with van der Waals surface area (Å²) in [6, 6.07) is 0. The molecule has 4 unspecified atom stereocenters. The van der Waals surface area contributed by atoms with Crippen LogP contribution in [-0.4, -0.2) is 11.2 Å². The van der Waals surface area contributed by atoms with Crippen molar-refractivity contribution >= 4 is 0 Å². The lowest BCUT2D eigenvalue weighted by Gasteiger charge is -2.27. The van der Waals surface area contributed by atoms with Crippen molar-refractivity contribution in [3.05, 3.63) is 11.6 Å². The highest BCUT2D eigenvalue weighted by atomic mass is 16.3. The molecule has 3 aliphatic carbocycles. The van der Waals surface area contributed by atoms with E-state index in [0.717, 1.165) is 18.3 Å². The van der Waals surface area contributed by atoms with Gasteiger partial charge in [-0.05, 0) is 61.9 Å². The Morgan fingerprint density at radius 1 is 1.29 bits per heavy atom. The summed E-state index contributed by atoms with van der Waals surface area (Å²) in [6.45, 7) is 0. The van der Waals surface area contributed by atoms with Crippen LogP contribution in [0.25, 0.3) is 0 Å². The Morgan fingerprint density at radius 3 is 2.79 bits per heavy atom. The summed E-state index contributed by atoms with van der Waals surface area (Å²) in [5.41, 5.74) is 1.36. The Hall–Kier alpha value is -0.300. The Kier molecular flexibility index (Phi) is 2.16. The lowest BCUT2D eigenvalue weighted by molar-refractivity contribution is 0.102. The van der Waals surface area contributed by atoms with Crippen molar-refractivity contribution in [3.63, 3.8) is 0 Å². The van der Waals surface area contributed by atoms with E-state index in [4.69, 9.17) is 0 Å². The average molecular weight is 192 g/mol. The molecule has 1 heteroatoms. The molecule has 1 N–H and O–H groups in total. The maximum atomic E-state index is 10.3. The van der Waals surface area contributed by atoms with Crippen LogP contribution in [0, 0.1) is 17.8 Å². The molecule has 1 nitrogen and oxygen atoms in total. The zero-order valence-corrected chi connectivity index (χ0v) is 8.78. The normalized spacial score (nSPS) is 42.9. The number of aliphatic hydroxyl groups excluding tert-OH is 1. The first-order chi connectivity index (χ1) is 6.84. The number of allylic oxidation sites excluding steroid dienone is 1. The molecule has 0 radical (unpaired) electrons. The van der Waals surface area contributed by atoms with Crippen molar-refractivity contribution in [2.75, 3.05) is 0 Å². The summed E-state index contributed by atoms with van der Waals surface area (Å²) in [6.07, 6.45) is 11.4. The van der Waals surface area contributed by atoms with Gasteiger partial charge in [-0.25, -0.2) is 0 Å². The molecule has 0 heterocycles. The maximum Gasteiger partial charge on any atom is 0.0781 e. The number of fused-ring (bicyclic) bond motifs is 2. The highest BCUT2D eigenvalue weighted by Crippen LogP contribution is 2.51. The summed E-state index contributed by atoms with van der Waals surface area (Å²) in [5, 5.41) is 10.3. The minimum Gasteiger partial charge on any atom is -0.388 e. The average Bonchev–Trinajstić information content (AvgIpc) is 2.93. The van der Waals surface area contributed by atoms with Gasteiger partial charge in [0.1, 0.15) is 0 Å². The SMILES string of the molecule is OC(C1=CCCC1)C1CC2CCC1C2. The van der Waals surface area contributed by atoms with Gasteiger partial charge in [-0.1, -0.05) is 12.5 Å². The fraction of sp³-hybridized carbons (Fsp3) is 0.846. The van der Waals surface area contributed by atoms with Gasteiger partial charge in [0.15, 0.2) is 0 Å². The Balaban J connectivity index is 1.70. The van der Waals surface area contributed by atoms with E-state index >= 15 is 0 Å². The molecule has 78 valence electrons. The van der Waals surface area contributed by atoms with Crippen LogP contribution in [-0.2, 0) is 0 Å². The van der Waals surface area contributed by atoms with Crippen molar-refractivity contribution in [3.8, 4) is 0 Å². The molecule has 0 aromatic carbocycles. The van der Waals surface area contributed by atoms with Crippen molar-refractivity contribution in [1.29, 1.82) is 0 Å². The molecule has 14 heavy (non-hydrogen) atoms. The smallest absolute Gasteiger partial charge is 0.0781 e. The first-order valence-corrected chi connectivity index (χ1v) is 6.21. The molecule has 0 amide bonds. The zero-order valence-electron chi connectivity index (χ0n) is 8.78. The molecule has 2 saturated carbocycles. The number of aliphatic hydroxyl groups is 1. The topological polar surface area (TPSA) is 20.2 Å². The predicted octanol–water partition coefficient (Wildman–Crippen LogP) is 2.89. The fourth-order valence-corrected chi connectivity index (χ4v) is 3.92. The van der Waals surface area contributed by atoms with Crippen LogP contribution in [0.2, 0.25) is 0 Å². The lowest BCUT2D eigenvalue weighted by atomic mass is 9.82. The van der Waals surface area contributed by atoms with E-state index in [1.165, 1.54) is 44.1 Å². The first-order valence-electron chi connectivity index (χ1n) is 6.21. The van der Waals surface area contributed by atoms with Crippen LogP contribution in [0.4, 0.5) is 0 Å². The van der Waals surface area contributed by atoms with E-state index in [9.17, 15) is 5.11 Å². The van der Waals surface area contributed by atoms with E-state index in [0.29, 0.717) is 5.92 Å². The minimum absolute atomic E-state index is 0.0761. The molecule has 3 rings (SSSR count). The van der Waals surface area contributed by atoms with Crippen LogP contribution < -0.4 is 0 Å². The van der Waals surface area contributed by atoms with Gasteiger partial charge in [-0.3, -0.25) is 0 Å². The van der Waals surface area contributed by atoms with Crippen LogP contribution in [0.15, 0.2) is 11.6 Å². The fourth-order valence-electron chi connectivity index (χ4n) is 3.92. The lowest BCUT2D eigenvalue weighted by Crippen LogP contribution is -2.26. The molecule has 0 aromatic rings. The molecule has 0 spiro atoms. The highest BCUT2D eigenvalue weighted by molar-refractivity contribution is 5.15. The quantitative estimate of drug-likeness (QED) is 0.667. The third kappa shape index (κ3) is 1.33.